The number of benzene rings is 2. The Morgan fingerprint density at radius 1 is 1.07 bits per heavy atom. The molecule has 0 spiro atoms. The number of carbonyl (C=O) groups is 1. The molecule has 1 aliphatic heterocycles. The molecule has 1 aromatic heterocycles. The second kappa shape index (κ2) is 9.11. The second-order valence-corrected chi connectivity index (χ2v) is 7.13. The minimum atomic E-state index is -0.661. The number of rotatable bonds is 5. The number of hydrogen-bond acceptors (Lipinski definition) is 4. The molecule has 1 saturated heterocycles. The molecule has 2 N–H and O–H groups in total. The van der Waals surface area contributed by atoms with Gasteiger partial charge in [-0.3, -0.25) is 9.48 Å². The van der Waals surface area contributed by atoms with Crippen molar-refractivity contribution in [3.05, 3.63) is 72.6 Å². The van der Waals surface area contributed by atoms with Gasteiger partial charge in [0.1, 0.15) is 17.0 Å². The van der Waals surface area contributed by atoms with Gasteiger partial charge in [0.2, 0.25) is 0 Å². The molecule has 0 atom stereocenters. The van der Waals surface area contributed by atoms with Gasteiger partial charge in [0.15, 0.2) is 0 Å². The fraction of sp³-hybridized carbons (Fsp3) is 0.273. The summed E-state index contributed by atoms with van der Waals surface area (Å²) in [7, 11) is 0. The lowest BCUT2D eigenvalue weighted by Gasteiger charge is -2.36. The van der Waals surface area contributed by atoms with E-state index in [1.54, 1.807) is 10.9 Å². The van der Waals surface area contributed by atoms with E-state index in [0.29, 0.717) is 12.8 Å². The SMILES string of the molecule is Cc1ccc(Oc2ccc(NC(=O)C3(n4cccn4)CCNCC3)cc2)cc1.Cl. The third kappa shape index (κ3) is 4.60. The van der Waals surface area contributed by atoms with Crippen LogP contribution in [0.15, 0.2) is 67.0 Å². The van der Waals surface area contributed by atoms with Gasteiger partial charge in [0.25, 0.3) is 5.91 Å². The Balaban J connectivity index is 0.00000240. The van der Waals surface area contributed by atoms with Crippen LogP contribution < -0.4 is 15.4 Å². The molecular weight excluding hydrogens is 388 g/mol. The van der Waals surface area contributed by atoms with Crippen LogP contribution in [0.1, 0.15) is 18.4 Å². The number of nitrogens with zero attached hydrogens (tertiary/aromatic N) is 2. The lowest BCUT2D eigenvalue weighted by molar-refractivity contribution is -0.126. The van der Waals surface area contributed by atoms with E-state index in [4.69, 9.17) is 4.74 Å². The van der Waals surface area contributed by atoms with Gasteiger partial charge in [-0.25, -0.2) is 0 Å². The summed E-state index contributed by atoms with van der Waals surface area (Å²) in [6, 6.07) is 17.2. The lowest BCUT2D eigenvalue weighted by atomic mass is 9.87. The summed E-state index contributed by atoms with van der Waals surface area (Å²) < 4.78 is 7.64. The normalized spacial score (nSPS) is 15.2. The van der Waals surface area contributed by atoms with Crippen molar-refractivity contribution >= 4 is 24.0 Å². The minimum Gasteiger partial charge on any atom is -0.457 e. The third-order valence-electron chi connectivity index (χ3n) is 5.17. The highest BCUT2D eigenvalue weighted by Gasteiger charge is 2.42. The largest absolute Gasteiger partial charge is 0.457 e. The van der Waals surface area contributed by atoms with Crippen LogP contribution in [-0.2, 0) is 10.3 Å². The summed E-state index contributed by atoms with van der Waals surface area (Å²) in [5, 5.41) is 10.7. The third-order valence-corrected chi connectivity index (χ3v) is 5.17. The summed E-state index contributed by atoms with van der Waals surface area (Å²) >= 11 is 0. The van der Waals surface area contributed by atoms with Crippen molar-refractivity contribution in [1.82, 2.24) is 15.1 Å². The molecule has 0 aliphatic carbocycles. The van der Waals surface area contributed by atoms with Crippen molar-refractivity contribution < 1.29 is 9.53 Å². The van der Waals surface area contributed by atoms with Crippen LogP contribution in [-0.4, -0.2) is 28.8 Å². The monoisotopic (exact) mass is 412 g/mol. The Morgan fingerprint density at radius 3 is 2.28 bits per heavy atom. The molecule has 2 heterocycles. The van der Waals surface area contributed by atoms with Crippen molar-refractivity contribution in [2.45, 2.75) is 25.3 Å². The molecule has 1 amide bonds. The van der Waals surface area contributed by atoms with Crippen molar-refractivity contribution in [3.8, 4) is 11.5 Å². The summed E-state index contributed by atoms with van der Waals surface area (Å²) in [5.41, 5.74) is 1.27. The Hall–Kier alpha value is -2.83. The maximum atomic E-state index is 13.2. The molecule has 6 nitrogen and oxygen atoms in total. The molecule has 0 saturated carbocycles. The molecule has 0 radical (unpaired) electrons. The summed E-state index contributed by atoms with van der Waals surface area (Å²) in [6.45, 7) is 3.62. The Morgan fingerprint density at radius 2 is 1.69 bits per heavy atom. The number of nitrogens with one attached hydrogen (secondary N) is 2. The Bertz CT molecular complexity index is 918. The standard InChI is InChI=1S/C22H24N4O2.ClH/c1-17-3-7-19(8-4-17)28-20-9-5-18(6-10-20)25-21(27)22(11-14-23-15-12-22)26-16-2-13-24-26;/h2-10,13,16,23H,11-12,14-15H2,1H3,(H,25,27);1H. The zero-order valence-corrected chi connectivity index (χ0v) is 17.1. The van der Waals surface area contributed by atoms with E-state index in [2.05, 4.69) is 15.7 Å². The van der Waals surface area contributed by atoms with Crippen LogP contribution in [0.2, 0.25) is 0 Å². The van der Waals surface area contributed by atoms with Gasteiger partial charge in [-0.2, -0.15) is 5.10 Å². The summed E-state index contributed by atoms with van der Waals surface area (Å²) in [5.74, 6) is 1.48. The van der Waals surface area contributed by atoms with E-state index in [1.807, 2.05) is 67.7 Å². The number of anilines is 1. The zero-order chi connectivity index (χ0) is 19.4. The molecule has 1 aliphatic rings. The average molecular weight is 413 g/mol. The molecule has 2 aromatic carbocycles. The van der Waals surface area contributed by atoms with E-state index in [-0.39, 0.29) is 18.3 Å². The topological polar surface area (TPSA) is 68.2 Å². The highest BCUT2D eigenvalue weighted by molar-refractivity contribution is 5.96. The molecule has 4 rings (SSSR count). The molecule has 0 unspecified atom stereocenters. The van der Waals surface area contributed by atoms with E-state index in [1.165, 1.54) is 5.56 Å². The van der Waals surface area contributed by atoms with Crippen LogP contribution >= 0.6 is 12.4 Å². The second-order valence-electron chi connectivity index (χ2n) is 7.13. The first kappa shape index (κ1) is 20.9. The summed E-state index contributed by atoms with van der Waals surface area (Å²) in [6.07, 6.45) is 4.99. The number of amides is 1. The Kier molecular flexibility index (Phi) is 6.56. The number of piperidine rings is 1. The van der Waals surface area contributed by atoms with E-state index >= 15 is 0 Å². The van der Waals surface area contributed by atoms with Crippen LogP contribution in [0.25, 0.3) is 0 Å². The fourth-order valence-corrected chi connectivity index (χ4v) is 3.52. The van der Waals surface area contributed by atoms with Gasteiger partial charge in [-0.05, 0) is 75.3 Å². The smallest absolute Gasteiger partial charge is 0.252 e. The maximum absolute atomic E-state index is 13.2. The number of hydrogen-bond donors (Lipinski definition) is 2. The van der Waals surface area contributed by atoms with Crippen molar-refractivity contribution in [2.24, 2.45) is 0 Å². The zero-order valence-electron chi connectivity index (χ0n) is 16.3. The van der Waals surface area contributed by atoms with Gasteiger partial charge >= 0.3 is 0 Å². The minimum absolute atomic E-state index is 0. The van der Waals surface area contributed by atoms with Gasteiger partial charge in [0.05, 0.1) is 0 Å². The van der Waals surface area contributed by atoms with Crippen LogP contribution in [0.3, 0.4) is 0 Å². The first-order chi connectivity index (χ1) is 13.7. The summed E-state index contributed by atoms with van der Waals surface area (Å²) in [4.78, 5) is 13.2. The Labute approximate surface area is 176 Å². The van der Waals surface area contributed by atoms with Gasteiger partial charge in [-0.1, -0.05) is 17.7 Å². The van der Waals surface area contributed by atoms with Crippen molar-refractivity contribution in [2.75, 3.05) is 18.4 Å². The first-order valence-corrected chi connectivity index (χ1v) is 9.53. The van der Waals surface area contributed by atoms with Crippen molar-refractivity contribution in [3.63, 3.8) is 0 Å². The first-order valence-electron chi connectivity index (χ1n) is 9.53. The van der Waals surface area contributed by atoms with E-state index in [9.17, 15) is 4.79 Å². The average Bonchev–Trinajstić information content (AvgIpc) is 3.27. The molecule has 3 aromatic rings. The number of halogens is 1. The van der Waals surface area contributed by atoms with E-state index < -0.39 is 5.54 Å². The quantitative estimate of drug-likeness (QED) is 0.661. The molecule has 7 heteroatoms. The predicted molar refractivity (Wildman–Crippen MR) is 116 cm³/mol. The molecule has 1 fully saturated rings. The molecular formula is C22H25ClN4O2. The molecule has 0 bridgehead atoms. The highest BCUT2D eigenvalue weighted by Crippen LogP contribution is 2.29. The number of carbonyl (C=O) groups excluding carboxylic acids is 1. The van der Waals surface area contributed by atoms with Crippen LogP contribution in [0, 0.1) is 6.92 Å². The molecule has 152 valence electrons. The number of ether oxygens (including phenoxy) is 1. The lowest BCUT2D eigenvalue weighted by Crippen LogP contribution is -2.52. The van der Waals surface area contributed by atoms with Gasteiger partial charge < -0.3 is 15.4 Å². The number of aryl methyl sites for hydroxylation is 1. The van der Waals surface area contributed by atoms with Crippen molar-refractivity contribution in [1.29, 1.82) is 0 Å². The van der Waals surface area contributed by atoms with Crippen LogP contribution in [0.4, 0.5) is 5.69 Å². The predicted octanol–water partition coefficient (Wildman–Crippen LogP) is 4.12. The van der Waals surface area contributed by atoms with Gasteiger partial charge in [0, 0.05) is 18.1 Å². The van der Waals surface area contributed by atoms with Crippen LogP contribution in [0.5, 0.6) is 11.5 Å². The maximum Gasteiger partial charge on any atom is 0.252 e. The van der Waals surface area contributed by atoms with E-state index in [0.717, 1.165) is 30.3 Å². The highest BCUT2D eigenvalue weighted by atomic mass is 35.5. The number of aromatic nitrogens is 2. The van der Waals surface area contributed by atoms with Gasteiger partial charge in [-0.15, -0.1) is 12.4 Å². The molecule has 29 heavy (non-hydrogen) atoms. The fourth-order valence-electron chi connectivity index (χ4n) is 3.52.